The van der Waals surface area contributed by atoms with Gasteiger partial charge in [0.1, 0.15) is 0 Å². The van der Waals surface area contributed by atoms with Crippen LogP contribution >= 0.6 is 0 Å². The van der Waals surface area contributed by atoms with Crippen molar-refractivity contribution >= 4 is 40.6 Å². The third-order valence-electron chi connectivity index (χ3n) is 6.09. The largest absolute Gasteiger partial charge is 0.484 e. The van der Waals surface area contributed by atoms with E-state index >= 15 is 0 Å². The number of aryl methyl sites for hydroxylation is 2. The van der Waals surface area contributed by atoms with Crippen molar-refractivity contribution in [1.82, 2.24) is 14.8 Å². The third kappa shape index (κ3) is 5.79. The maximum atomic E-state index is 13.7. The molecule has 2 aromatic rings. The summed E-state index contributed by atoms with van der Waals surface area (Å²) in [6.45, 7) is 11.8. The van der Waals surface area contributed by atoms with Crippen LogP contribution in [-0.4, -0.2) is 60.2 Å². The van der Waals surface area contributed by atoms with Crippen LogP contribution in [0, 0.1) is 19.3 Å². The molecule has 1 atom stereocenters. The van der Waals surface area contributed by atoms with Crippen LogP contribution in [0.5, 0.6) is 0 Å². The van der Waals surface area contributed by atoms with Crippen LogP contribution in [0.15, 0.2) is 41.5 Å². The SMILES string of the molecule is CC[C@@H](N(NC(=O)c1ccc2c(c1)B(O)N(S(C)(=O)=O)N=C2)C(=O)c1cc(C)cc(C)c1)C(C)(C)C. The van der Waals surface area contributed by atoms with E-state index in [1.54, 1.807) is 24.3 Å². The Hall–Kier alpha value is -3.18. The Morgan fingerprint density at radius 3 is 2.25 bits per heavy atom. The van der Waals surface area contributed by atoms with Gasteiger partial charge in [-0.2, -0.15) is 5.10 Å². The molecule has 0 spiro atoms. The molecule has 2 aromatic carbocycles. The number of hydrazone groups is 1. The Labute approximate surface area is 213 Å². The van der Waals surface area contributed by atoms with E-state index in [9.17, 15) is 23.0 Å². The van der Waals surface area contributed by atoms with Gasteiger partial charge in [0.25, 0.3) is 11.8 Å². The number of nitrogens with zero attached hydrogens (tertiary/aromatic N) is 3. The molecule has 0 aromatic heterocycles. The molecule has 1 aliphatic rings. The lowest BCUT2D eigenvalue weighted by atomic mass is 9.71. The molecule has 36 heavy (non-hydrogen) atoms. The van der Waals surface area contributed by atoms with Crippen molar-refractivity contribution in [3.8, 4) is 0 Å². The predicted octanol–water partition coefficient (Wildman–Crippen LogP) is 2.21. The van der Waals surface area contributed by atoms with Crippen LogP contribution in [0.25, 0.3) is 0 Å². The molecule has 0 aliphatic carbocycles. The van der Waals surface area contributed by atoms with E-state index in [1.165, 1.54) is 17.3 Å². The van der Waals surface area contributed by atoms with Crippen LogP contribution in [0.4, 0.5) is 0 Å². The van der Waals surface area contributed by atoms with Gasteiger partial charge in [-0.3, -0.25) is 15.0 Å². The summed E-state index contributed by atoms with van der Waals surface area (Å²) in [4.78, 5) is 27.1. The minimum atomic E-state index is -3.82. The number of benzene rings is 2. The molecule has 2 N–H and O–H groups in total. The number of rotatable bonds is 5. The van der Waals surface area contributed by atoms with Crippen LogP contribution in [0.3, 0.4) is 0 Å². The Morgan fingerprint density at radius 2 is 1.72 bits per heavy atom. The van der Waals surface area contributed by atoms with Crippen molar-refractivity contribution in [2.45, 2.75) is 54.0 Å². The predicted molar refractivity (Wildman–Crippen MR) is 141 cm³/mol. The van der Waals surface area contributed by atoms with E-state index in [0.29, 0.717) is 21.9 Å². The van der Waals surface area contributed by atoms with Gasteiger partial charge >= 0.3 is 7.05 Å². The molecule has 0 unspecified atom stereocenters. The van der Waals surface area contributed by atoms with Crippen molar-refractivity contribution in [3.05, 3.63) is 64.2 Å². The fraction of sp³-hybridized carbons (Fsp3) is 0.400. The highest BCUT2D eigenvalue weighted by atomic mass is 32.2. The van der Waals surface area contributed by atoms with Gasteiger partial charge in [0.2, 0.25) is 10.0 Å². The highest BCUT2D eigenvalue weighted by Crippen LogP contribution is 2.28. The Bertz CT molecular complexity index is 1300. The van der Waals surface area contributed by atoms with E-state index in [-0.39, 0.29) is 28.4 Å². The first-order valence-electron chi connectivity index (χ1n) is 11.7. The highest BCUT2D eigenvalue weighted by Gasteiger charge is 2.37. The maximum absolute atomic E-state index is 13.7. The zero-order valence-electron chi connectivity index (χ0n) is 21.7. The van der Waals surface area contributed by atoms with Gasteiger partial charge in [0.05, 0.1) is 18.5 Å². The lowest BCUT2D eigenvalue weighted by Gasteiger charge is -2.39. The third-order valence-corrected chi connectivity index (χ3v) is 7.07. The molecule has 192 valence electrons. The molecule has 1 heterocycles. The standard InChI is InChI=1S/C25H33BN4O5S/c1-8-22(25(4,5)6)29(24(32)20-12-16(2)11-17(3)13-20)28-23(31)18-9-10-19-15-27-30(36(7,34)35)26(33)21(19)14-18/h9-15,22,33H,8H2,1-7H3,(H,28,31)/t22-/m1/s1. The number of hydrogen-bond donors (Lipinski definition) is 2. The molecule has 3 rings (SSSR count). The van der Waals surface area contributed by atoms with Gasteiger partial charge in [-0.15, -0.1) is 0 Å². The van der Waals surface area contributed by atoms with Gasteiger partial charge in [-0.1, -0.05) is 51.0 Å². The van der Waals surface area contributed by atoms with Crippen molar-refractivity contribution in [2.24, 2.45) is 10.5 Å². The van der Waals surface area contributed by atoms with Crippen molar-refractivity contribution in [2.75, 3.05) is 6.26 Å². The molecule has 2 amide bonds. The summed E-state index contributed by atoms with van der Waals surface area (Å²) in [7, 11) is -5.39. The number of fused-ring (bicyclic) bond motifs is 1. The highest BCUT2D eigenvalue weighted by molar-refractivity contribution is 7.89. The lowest BCUT2D eigenvalue weighted by Crippen LogP contribution is -2.56. The maximum Gasteiger partial charge on any atom is 0.484 e. The molecule has 0 saturated heterocycles. The van der Waals surface area contributed by atoms with E-state index in [2.05, 4.69) is 10.5 Å². The molecular formula is C25H33BN4O5S. The normalized spacial score (nSPS) is 14.3. The summed E-state index contributed by atoms with van der Waals surface area (Å²) < 4.78 is 24.5. The van der Waals surface area contributed by atoms with E-state index in [4.69, 9.17) is 0 Å². The first-order valence-corrected chi connectivity index (χ1v) is 13.6. The summed E-state index contributed by atoms with van der Waals surface area (Å²) in [6.07, 6.45) is 2.85. The number of hydrogen-bond acceptors (Lipinski definition) is 6. The smallest absolute Gasteiger partial charge is 0.427 e. The van der Waals surface area contributed by atoms with Crippen molar-refractivity contribution < 1.29 is 23.0 Å². The number of hydrazine groups is 1. The minimum Gasteiger partial charge on any atom is -0.427 e. The number of nitrogens with one attached hydrogen (secondary N) is 1. The van der Waals surface area contributed by atoms with Crippen LogP contribution in [-0.2, 0) is 10.0 Å². The summed E-state index contributed by atoms with van der Waals surface area (Å²) in [6, 6.07) is 9.77. The Balaban J connectivity index is 1.99. The fourth-order valence-corrected chi connectivity index (χ4v) is 5.18. The first kappa shape index (κ1) is 27.4. The van der Waals surface area contributed by atoms with E-state index in [0.717, 1.165) is 17.4 Å². The molecule has 1 aliphatic heterocycles. The number of amides is 2. The van der Waals surface area contributed by atoms with Gasteiger partial charge < -0.3 is 5.02 Å². The molecule has 0 saturated carbocycles. The second-order valence-electron chi connectivity index (χ2n) is 10.3. The van der Waals surface area contributed by atoms with Crippen LogP contribution in [0.1, 0.15) is 71.5 Å². The van der Waals surface area contributed by atoms with E-state index in [1.807, 2.05) is 47.6 Å². The van der Waals surface area contributed by atoms with Gasteiger partial charge in [0, 0.05) is 11.1 Å². The zero-order valence-corrected chi connectivity index (χ0v) is 22.5. The number of carbonyl (C=O) groups is 2. The monoisotopic (exact) mass is 512 g/mol. The molecular weight excluding hydrogens is 479 g/mol. The average Bonchev–Trinajstić information content (AvgIpc) is 2.76. The van der Waals surface area contributed by atoms with Gasteiger partial charge in [-0.25, -0.2) is 17.8 Å². The summed E-state index contributed by atoms with van der Waals surface area (Å²) >= 11 is 0. The van der Waals surface area contributed by atoms with Crippen molar-refractivity contribution in [3.63, 3.8) is 0 Å². The fourth-order valence-electron chi connectivity index (χ4n) is 4.49. The lowest BCUT2D eigenvalue weighted by molar-refractivity contribution is 0.0285. The average molecular weight is 512 g/mol. The Kier molecular flexibility index (Phi) is 7.66. The molecule has 11 heteroatoms. The van der Waals surface area contributed by atoms with Crippen molar-refractivity contribution in [1.29, 1.82) is 0 Å². The Morgan fingerprint density at radius 1 is 1.11 bits per heavy atom. The van der Waals surface area contributed by atoms with Crippen LogP contribution in [0.2, 0.25) is 0 Å². The van der Waals surface area contributed by atoms with Gasteiger partial charge in [0.15, 0.2) is 0 Å². The first-order chi connectivity index (χ1) is 16.6. The van der Waals surface area contributed by atoms with Crippen LogP contribution < -0.4 is 10.9 Å². The number of carbonyl (C=O) groups excluding carboxylic acids is 2. The van der Waals surface area contributed by atoms with Gasteiger partial charge in [-0.05, 0) is 61.0 Å². The second kappa shape index (κ2) is 10.1. The van der Waals surface area contributed by atoms with E-state index < -0.39 is 23.0 Å². The quantitative estimate of drug-likeness (QED) is 0.471. The molecule has 0 bridgehead atoms. The molecule has 9 nitrogen and oxygen atoms in total. The summed E-state index contributed by atoms with van der Waals surface area (Å²) in [5, 5.41) is 15.8. The summed E-state index contributed by atoms with van der Waals surface area (Å²) in [5.74, 6) is -0.885. The zero-order chi connectivity index (χ0) is 27.0. The molecule has 0 fully saturated rings. The summed E-state index contributed by atoms with van der Waals surface area (Å²) in [5.41, 5.74) is 5.67. The number of sulfonamides is 1. The molecule has 0 radical (unpaired) electrons. The minimum absolute atomic E-state index is 0.165. The topological polar surface area (TPSA) is 119 Å². The second-order valence-corrected chi connectivity index (χ2v) is 12.1.